The molecule has 0 radical (unpaired) electrons. The fourth-order valence-electron chi connectivity index (χ4n) is 1.65. The van der Waals surface area contributed by atoms with Crippen LogP contribution in [0.25, 0.3) is 0 Å². The molecule has 1 aromatic carbocycles. The molecule has 0 aliphatic rings. The maximum absolute atomic E-state index is 11.0. The Kier molecular flexibility index (Phi) is 7.50. The first-order chi connectivity index (χ1) is 9.67. The molecule has 1 rings (SSSR count). The summed E-state index contributed by atoms with van der Waals surface area (Å²) < 4.78 is 15.8. The highest BCUT2D eigenvalue weighted by Gasteiger charge is 2.06. The van der Waals surface area contributed by atoms with E-state index in [1.54, 1.807) is 0 Å². The second-order valence-electron chi connectivity index (χ2n) is 4.36. The van der Waals surface area contributed by atoms with Crippen molar-refractivity contribution in [2.24, 2.45) is 0 Å². The normalized spacial score (nSPS) is 10.4. The van der Waals surface area contributed by atoms with Gasteiger partial charge >= 0.3 is 5.97 Å². The summed E-state index contributed by atoms with van der Waals surface area (Å²) in [4.78, 5) is 13.1. The lowest BCUT2D eigenvalue weighted by Gasteiger charge is -2.17. The van der Waals surface area contributed by atoms with Crippen LogP contribution in [0.3, 0.4) is 0 Å². The van der Waals surface area contributed by atoms with Gasteiger partial charge in [-0.3, -0.25) is 4.79 Å². The number of hydrogen-bond donors (Lipinski definition) is 0. The van der Waals surface area contributed by atoms with E-state index < -0.39 is 0 Å². The fraction of sp³-hybridized carbons (Fsp3) is 0.533. The Morgan fingerprint density at radius 3 is 2.40 bits per heavy atom. The summed E-state index contributed by atoms with van der Waals surface area (Å²) in [7, 11) is 3.34. The van der Waals surface area contributed by atoms with E-state index in [0.717, 1.165) is 18.0 Å². The highest BCUT2D eigenvalue weighted by Crippen LogP contribution is 2.26. The number of nitrogens with zero attached hydrogens (tertiary/aromatic N) is 1. The molecule has 0 aliphatic heterocycles. The smallest absolute Gasteiger partial charge is 0.306 e. The van der Waals surface area contributed by atoms with E-state index in [0.29, 0.717) is 26.2 Å². The molecule has 0 saturated heterocycles. The lowest BCUT2D eigenvalue weighted by Crippen LogP contribution is -2.27. The molecule has 20 heavy (non-hydrogen) atoms. The minimum absolute atomic E-state index is 0.195. The Hall–Kier alpha value is -1.75. The van der Waals surface area contributed by atoms with Crippen molar-refractivity contribution in [3.8, 4) is 11.5 Å². The van der Waals surface area contributed by atoms with Crippen molar-refractivity contribution in [1.29, 1.82) is 0 Å². The van der Waals surface area contributed by atoms with Crippen LogP contribution in [0.4, 0.5) is 0 Å². The second kappa shape index (κ2) is 9.20. The van der Waals surface area contributed by atoms with Gasteiger partial charge in [0.25, 0.3) is 0 Å². The van der Waals surface area contributed by atoms with Gasteiger partial charge in [0, 0.05) is 13.1 Å². The van der Waals surface area contributed by atoms with Gasteiger partial charge in [-0.15, -0.1) is 0 Å². The summed E-state index contributed by atoms with van der Waals surface area (Å²) in [5.41, 5.74) is 0. The van der Waals surface area contributed by atoms with Crippen LogP contribution < -0.4 is 9.47 Å². The molecule has 0 saturated carbocycles. The third-order valence-electron chi connectivity index (χ3n) is 2.80. The molecular formula is C15H23NO4. The maximum atomic E-state index is 11.0. The standard InChI is InChI=1S/C15H23NO4/c1-4-19-13-7-5-6-8-14(13)20-12-11-16(2)10-9-15(17)18-3/h5-8H,4,9-12H2,1-3H3. The number of benzene rings is 1. The van der Waals surface area contributed by atoms with Gasteiger partial charge in [0.15, 0.2) is 11.5 Å². The zero-order valence-corrected chi connectivity index (χ0v) is 12.4. The molecule has 0 bridgehead atoms. The van der Waals surface area contributed by atoms with Crippen molar-refractivity contribution in [3.63, 3.8) is 0 Å². The van der Waals surface area contributed by atoms with E-state index in [1.807, 2.05) is 43.1 Å². The number of ether oxygens (including phenoxy) is 3. The van der Waals surface area contributed by atoms with Crippen LogP contribution in [0.1, 0.15) is 13.3 Å². The highest BCUT2D eigenvalue weighted by molar-refractivity contribution is 5.69. The van der Waals surface area contributed by atoms with Gasteiger partial charge < -0.3 is 19.1 Å². The van der Waals surface area contributed by atoms with E-state index in [9.17, 15) is 4.79 Å². The van der Waals surface area contributed by atoms with Gasteiger partial charge in [0.05, 0.1) is 20.1 Å². The summed E-state index contributed by atoms with van der Waals surface area (Å²) in [6.45, 7) is 4.49. The van der Waals surface area contributed by atoms with E-state index >= 15 is 0 Å². The average molecular weight is 281 g/mol. The van der Waals surface area contributed by atoms with Crippen LogP contribution >= 0.6 is 0 Å². The molecule has 5 heteroatoms. The second-order valence-corrected chi connectivity index (χ2v) is 4.36. The van der Waals surface area contributed by atoms with Gasteiger partial charge in [-0.25, -0.2) is 0 Å². The number of likely N-dealkylation sites (N-methyl/N-ethyl adjacent to an activating group) is 1. The summed E-state index contributed by atoms with van der Waals surface area (Å²) in [5.74, 6) is 1.31. The SMILES string of the molecule is CCOc1ccccc1OCCN(C)CCC(=O)OC. The highest BCUT2D eigenvalue weighted by atomic mass is 16.5. The van der Waals surface area contributed by atoms with Gasteiger partial charge in [0.1, 0.15) is 6.61 Å². The number of carbonyl (C=O) groups excluding carboxylic acids is 1. The van der Waals surface area contributed by atoms with E-state index in [4.69, 9.17) is 9.47 Å². The number of esters is 1. The molecule has 1 aromatic rings. The summed E-state index contributed by atoms with van der Waals surface area (Å²) in [6, 6.07) is 7.61. The molecule has 0 fully saturated rings. The summed E-state index contributed by atoms with van der Waals surface area (Å²) in [5, 5.41) is 0. The van der Waals surface area contributed by atoms with Crippen LogP contribution in [-0.4, -0.2) is 51.3 Å². The van der Waals surface area contributed by atoms with Crippen LogP contribution in [0.5, 0.6) is 11.5 Å². The van der Waals surface area contributed by atoms with Crippen molar-refractivity contribution in [1.82, 2.24) is 4.90 Å². The zero-order valence-electron chi connectivity index (χ0n) is 12.4. The molecule has 112 valence electrons. The first kappa shape index (κ1) is 16.3. The fourth-order valence-corrected chi connectivity index (χ4v) is 1.65. The molecule has 0 aromatic heterocycles. The number of para-hydroxylation sites is 2. The average Bonchev–Trinajstić information content (AvgIpc) is 2.46. The molecule has 0 N–H and O–H groups in total. The minimum atomic E-state index is -0.195. The lowest BCUT2D eigenvalue weighted by molar-refractivity contribution is -0.140. The van der Waals surface area contributed by atoms with Crippen molar-refractivity contribution in [3.05, 3.63) is 24.3 Å². The Balaban J connectivity index is 2.31. The first-order valence-electron chi connectivity index (χ1n) is 6.77. The zero-order chi connectivity index (χ0) is 14.8. The Labute approximate surface area is 120 Å². The third kappa shape index (κ3) is 5.93. The molecule has 0 unspecified atom stereocenters. The number of hydrogen-bond acceptors (Lipinski definition) is 5. The van der Waals surface area contributed by atoms with Gasteiger partial charge in [-0.2, -0.15) is 0 Å². The number of rotatable bonds is 9. The van der Waals surface area contributed by atoms with Crippen molar-refractivity contribution < 1.29 is 19.0 Å². The topological polar surface area (TPSA) is 48.0 Å². The van der Waals surface area contributed by atoms with Crippen molar-refractivity contribution in [2.75, 3.05) is 40.5 Å². The first-order valence-corrected chi connectivity index (χ1v) is 6.77. The monoisotopic (exact) mass is 281 g/mol. The van der Waals surface area contributed by atoms with Gasteiger partial charge in [-0.1, -0.05) is 12.1 Å². The lowest BCUT2D eigenvalue weighted by atomic mass is 10.3. The molecule has 0 spiro atoms. The van der Waals surface area contributed by atoms with Crippen LogP contribution in [-0.2, 0) is 9.53 Å². The largest absolute Gasteiger partial charge is 0.490 e. The predicted molar refractivity (Wildman–Crippen MR) is 77.2 cm³/mol. The molecule has 0 amide bonds. The molecule has 0 heterocycles. The van der Waals surface area contributed by atoms with Crippen molar-refractivity contribution in [2.45, 2.75) is 13.3 Å². The van der Waals surface area contributed by atoms with Gasteiger partial charge in [0.2, 0.25) is 0 Å². The van der Waals surface area contributed by atoms with Crippen LogP contribution in [0.2, 0.25) is 0 Å². The molecular weight excluding hydrogens is 258 g/mol. The summed E-state index contributed by atoms with van der Waals surface area (Å²) >= 11 is 0. The van der Waals surface area contributed by atoms with Crippen molar-refractivity contribution >= 4 is 5.97 Å². The number of methoxy groups -OCH3 is 1. The van der Waals surface area contributed by atoms with Crippen LogP contribution in [0, 0.1) is 0 Å². The van der Waals surface area contributed by atoms with E-state index in [1.165, 1.54) is 7.11 Å². The molecule has 0 atom stereocenters. The minimum Gasteiger partial charge on any atom is -0.490 e. The quantitative estimate of drug-likeness (QED) is 0.648. The Morgan fingerprint density at radius 2 is 1.80 bits per heavy atom. The Morgan fingerprint density at radius 1 is 1.15 bits per heavy atom. The molecule has 5 nitrogen and oxygen atoms in total. The third-order valence-corrected chi connectivity index (χ3v) is 2.80. The van der Waals surface area contributed by atoms with Gasteiger partial charge in [-0.05, 0) is 26.1 Å². The van der Waals surface area contributed by atoms with E-state index in [-0.39, 0.29) is 5.97 Å². The predicted octanol–water partition coefficient (Wildman–Crippen LogP) is 1.96. The number of carbonyl (C=O) groups is 1. The molecule has 0 aliphatic carbocycles. The van der Waals surface area contributed by atoms with E-state index in [2.05, 4.69) is 4.74 Å². The maximum Gasteiger partial charge on any atom is 0.306 e. The van der Waals surface area contributed by atoms with Crippen LogP contribution in [0.15, 0.2) is 24.3 Å². The Bertz CT molecular complexity index is 409. The summed E-state index contributed by atoms with van der Waals surface area (Å²) in [6.07, 6.45) is 0.391.